The van der Waals surface area contributed by atoms with Crippen LogP contribution in [0.5, 0.6) is 0 Å². The number of rotatable bonds is 7. The molecule has 7 nitrogen and oxygen atoms in total. The van der Waals surface area contributed by atoms with Gasteiger partial charge in [-0.25, -0.2) is 13.4 Å². The van der Waals surface area contributed by atoms with Gasteiger partial charge in [0.25, 0.3) is 0 Å². The molecule has 0 saturated heterocycles. The van der Waals surface area contributed by atoms with Crippen molar-refractivity contribution in [3.8, 4) is 11.5 Å². The van der Waals surface area contributed by atoms with E-state index in [1.165, 1.54) is 30.5 Å². The van der Waals surface area contributed by atoms with Gasteiger partial charge in [0.1, 0.15) is 11.5 Å². The lowest BCUT2D eigenvalue weighted by atomic mass is 10.2. The van der Waals surface area contributed by atoms with E-state index in [0.717, 1.165) is 20.6 Å². The Morgan fingerprint density at radius 3 is 2.54 bits per heavy atom. The number of aryl methyl sites for hydroxylation is 2. The summed E-state index contributed by atoms with van der Waals surface area (Å²) in [6.07, 6.45) is 0. The number of amides is 1. The molecule has 1 N–H and O–H groups in total. The zero-order chi connectivity index (χ0) is 20.3. The molecule has 0 atom stereocenters. The predicted octanol–water partition coefficient (Wildman–Crippen LogP) is 2.96. The first-order chi connectivity index (χ1) is 13.3. The van der Waals surface area contributed by atoms with E-state index < -0.39 is 15.9 Å². The van der Waals surface area contributed by atoms with Gasteiger partial charge in [-0.05, 0) is 38.1 Å². The Kier molecular flexibility index (Phi) is 5.97. The van der Waals surface area contributed by atoms with Crippen LogP contribution in [-0.4, -0.2) is 37.2 Å². The van der Waals surface area contributed by atoms with E-state index in [4.69, 9.17) is 4.42 Å². The Morgan fingerprint density at radius 2 is 1.89 bits per heavy atom. The molecule has 9 heteroatoms. The second kappa shape index (κ2) is 8.26. The number of benzene rings is 1. The van der Waals surface area contributed by atoms with Gasteiger partial charge in [0.05, 0.1) is 23.0 Å². The Labute approximate surface area is 168 Å². The number of aromatic nitrogens is 1. The fraction of sp³-hybridized carbons (Fsp3) is 0.263. The van der Waals surface area contributed by atoms with E-state index in [-0.39, 0.29) is 18.0 Å². The number of sulfonamides is 1. The van der Waals surface area contributed by atoms with Crippen molar-refractivity contribution >= 4 is 27.3 Å². The second-order valence-electron chi connectivity index (χ2n) is 6.37. The monoisotopic (exact) mass is 419 g/mol. The van der Waals surface area contributed by atoms with Crippen LogP contribution >= 0.6 is 11.3 Å². The van der Waals surface area contributed by atoms with Crippen molar-refractivity contribution in [2.75, 3.05) is 13.6 Å². The van der Waals surface area contributed by atoms with Crippen LogP contribution < -0.4 is 5.32 Å². The first-order valence-electron chi connectivity index (χ1n) is 8.56. The summed E-state index contributed by atoms with van der Waals surface area (Å²) in [5, 5.41) is 5.52. The van der Waals surface area contributed by atoms with Gasteiger partial charge in [-0.2, -0.15) is 4.31 Å². The molecule has 0 unspecified atom stereocenters. The average molecular weight is 420 g/mol. The SMILES string of the molecule is Cc1ccc(S(=O)(=O)N(C)CC(=O)NCc2ccc(-c3csc(C)n3)o2)cc1. The van der Waals surface area contributed by atoms with Crippen LogP contribution in [0, 0.1) is 13.8 Å². The molecule has 28 heavy (non-hydrogen) atoms. The summed E-state index contributed by atoms with van der Waals surface area (Å²) in [6, 6.07) is 10.1. The molecule has 3 rings (SSSR count). The molecule has 2 heterocycles. The summed E-state index contributed by atoms with van der Waals surface area (Å²) < 4.78 is 31.8. The van der Waals surface area contributed by atoms with E-state index in [1.807, 2.05) is 19.2 Å². The van der Waals surface area contributed by atoms with Gasteiger partial charge in [-0.15, -0.1) is 11.3 Å². The zero-order valence-corrected chi connectivity index (χ0v) is 17.4. The molecule has 0 radical (unpaired) electrons. The molecule has 0 aliphatic rings. The van der Waals surface area contributed by atoms with Crippen LogP contribution in [0.3, 0.4) is 0 Å². The van der Waals surface area contributed by atoms with Gasteiger partial charge < -0.3 is 9.73 Å². The highest BCUT2D eigenvalue weighted by Crippen LogP contribution is 2.23. The maximum atomic E-state index is 12.5. The molecule has 1 aromatic carbocycles. The molecule has 0 saturated carbocycles. The Hall–Kier alpha value is -2.49. The second-order valence-corrected chi connectivity index (χ2v) is 9.48. The minimum Gasteiger partial charge on any atom is -0.458 e. The standard InChI is InChI=1S/C19H21N3O4S2/c1-13-4-7-16(8-5-13)28(24,25)22(3)11-19(23)20-10-15-6-9-18(26-15)17-12-27-14(2)21-17/h4-9,12H,10-11H2,1-3H3,(H,20,23). The highest BCUT2D eigenvalue weighted by Gasteiger charge is 2.22. The summed E-state index contributed by atoms with van der Waals surface area (Å²) in [4.78, 5) is 16.7. The van der Waals surface area contributed by atoms with E-state index in [1.54, 1.807) is 24.3 Å². The van der Waals surface area contributed by atoms with Crippen LogP contribution in [0.4, 0.5) is 0 Å². The van der Waals surface area contributed by atoms with Crippen molar-refractivity contribution in [1.29, 1.82) is 0 Å². The topological polar surface area (TPSA) is 92.5 Å². The molecule has 148 valence electrons. The fourth-order valence-corrected chi connectivity index (χ4v) is 4.24. The zero-order valence-electron chi connectivity index (χ0n) is 15.8. The molecule has 3 aromatic rings. The van der Waals surface area contributed by atoms with Crippen molar-refractivity contribution < 1.29 is 17.6 Å². The van der Waals surface area contributed by atoms with Crippen molar-refractivity contribution in [3.63, 3.8) is 0 Å². The van der Waals surface area contributed by atoms with Crippen LogP contribution in [0.25, 0.3) is 11.5 Å². The number of thiazole rings is 1. The van der Waals surface area contributed by atoms with Crippen molar-refractivity contribution in [1.82, 2.24) is 14.6 Å². The number of hydrogen-bond donors (Lipinski definition) is 1. The van der Waals surface area contributed by atoms with Crippen LogP contribution in [0.2, 0.25) is 0 Å². The maximum Gasteiger partial charge on any atom is 0.243 e. The molecule has 0 fully saturated rings. The third-order valence-electron chi connectivity index (χ3n) is 4.09. The first kappa shape index (κ1) is 20.2. The third kappa shape index (κ3) is 4.67. The summed E-state index contributed by atoms with van der Waals surface area (Å²) >= 11 is 1.53. The van der Waals surface area contributed by atoms with E-state index in [9.17, 15) is 13.2 Å². The average Bonchev–Trinajstić information content (AvgIpc) is 3.29. The van der Waals surface area contributed by atoms with Gasteiger partial charge >= 0.3 is 0 Å². The number of carbonyl (C=O) groups is 1. The summed E-state index contributed by atoms with van der Waals surface area (Å²) in [5.74, 6) is 0.784. The van der Waals surface area contributed by atoms with Crippen LogP contribution in [0.15, 0.2) is 51.1 Å². The van der Waals surface area contributed by atoms with Gasteiger partial charge in [-0.1, -0.05) is 17.7 Å². The molecule has 0 aliphatic heterocycles. The molecular weight excluding hydrogens is 398 g/mol. The number of furan rings is 1. The number of hydrogen-bond acceptors (Lipinski definition) is 6. The Bertz CT molecular complexity index is 1070. The highest BCUT2D eigenvalue weighted by atomic mass is 32.2. The minimum absolute atomic E-state index is 0.155. The number of nitrogens with one attached hydrogen (secondary N) is 1. The lowest BCUT2D eigenvalue weighted by molar-refractivity contribution is -0.121. The minimum atomic E-state index is -3.72. The number of carbonyl (C=O) groups excluding carboxylic acids is 1. The quantitative estimate of drug-likeness (QED) is 0.636. The fourth-order valence-electron chi connectivity index (χ4n) is 2.51. The van der Waals surface area contributed by atoms with Gasteiger partial charge in [0.15, 0.2) is 5.76 Å². The Morgan fingerprint density at radius 1 is 1.18 bits per heavy atom. The molecule has 2 aromatic heterocycles. The molecule has 1 amide bonds. The molecule has 0 bridgehead atoms. The smallest absolute Gasteiger partial charge is 0.243 e. The number of likely N-dealkylation sites (N-methyl/N-ethyl adjacent to an activating group) is 1. The Balaban J connectivity index is 1.57. The van der Waals surface area contributed by atoms with Gasteiger partial charge in [-0.3, -0.25) is 4.79 Å². The summed E-state index contributed by atoms with van der Waals surface area (Å²) in [6.45, 7) is 3.68. The molecular formula is C19H21N3O4S2. The van der Waals surface area contributed by atoms with E-state index in [2.05, 4.69) is 10.3 Å². The van der Waals surface area contributed by atoms with Crippen LogP contribution in [0.1, 0.15) is 16.3 Å². The largest absolute Gasteiger partial charge is 0.458 e. The van der Waals surface area contributed by atoms with E-state index >= 15 is 0 Å². The van der Waals surface area contributed by atoms with Crippen molar-refractivity contribution in [2.45, 2.75) is 25.3 Å². The number of nitrogens with zero attached hydrogens (tertiary/aromatic N) is 2. The van der Waals surface area contributed by atoms with Gasteiger partial charge in [0, 0.05) is 12.4 Å². The first-order valence-corrected chi connectivity index (χ1v) is 10.9. The maximum absolute atomic E-state index is 12.5. The van der Waals surface area contributed by atoms with Gasteiger partial charge in [0.2, 0.25) is 15.9 Å². The lowest BCUT2D eigenvalue weighted by Gasteiger charge is -2.16. The highest BCUT2D eigenvalue weighted by molar-refractivity contribution is 7.89. The summed E-state index contributed by atoms with van der Waals surface area (Å²) in [7, 11) is -2.34. The lowest BCUT2D eigenvalue weighted by Crippen LogP contribution is -2.38. The van der Waals surface area contributed by atoms with E-state index in [0.29, 0.717) is 11.5 Å². The van der Waals surface area contributed by atoms with Crippen LogP contribution in [-0.2, 0) is 21.4 Å². The normalized spacial score (nSPS) is 11.7. The molecule has 0 spiro atoms. The summed E-state index contributed by atoms with van der Waals surface area (Å²) in [5.41, 5.74) is 1.72. The van der Waals surface area contributed by atoms with Crippen molar-refractivity contribution in [2.24, 2.45) is 0 Å². The third-order valence-corrected chi connectivity index (χ3v) is 6.68. The molecule has 0 aliphatic carbocycles. The predicted molar refractivity (Wildman–Crippen MR) is 107 cm³/mol. The van der Waals surface area contributed by atoms with Crippen molar-refractivity contribution in [3.05, 3.63) is 58.1 Å².